The molecule has 0 fully saturated rings. The van der Waals surface area contributed by atoms with Crippen LogP contribution in [0.4, 0.5) is 5.69 Å². The van der Waals surface area contributed by atoms with Crippen molar-refractivity contribution in [2.75, 3.05) is 12.8 Å². The molecule has 3 heteroatoms. The van der Waals surface area contributed by atoms with Gasteiger partial charge in [0.2, 0.25) is 0 Å². The van der Waals surface area contributed by atoms with Crippen LogP contribution in [0.5, 0.6) is 17.2 Å². The average molecular weight is 291 g/mol. The molecule has 0 radical (unpaired) electrons. The summed E-state index contributed by atoms with van der Waals surface area (Å²) < 4.78 is 11.2. The Bertz CT molecular complexity index is 752. The molecular weight excluding hydrogens is 274 g/mol. The van der Waals surface area contributed by atoms with Crippen molar-refractivity contribution in [2.24, 2.45) is 0 Å². The summed E-state index contributed by atoms with van der Waals surface area (Å²) in [5.74, 6) is 2.01. The molecule has 0 aliphatic rings. The van der Waals surface area contributed by atoms with Gasteiger partial charge in [-0.15, -0.1) is 0 Å². The van der Waals surface area contributed by atoms with E-state index >= 15 is 0 Å². The van der Waals surface area contributed by atoms with Crippen LogP contribution in [-0.2, 0) is 0 Å². The van der Waals surface area contributed by atoms with Crippen molar-refractivity contribution in [3.63, 3.8) is 0 Å². The highest BCUT2D eigenvalue weighted by Gasteiger charge is 2.06. The van der Waals surface area contributed by atoms with Crippen LogP contribution in [0.15, 0.2) is 72.8 Å². The van der Waals surface area contributed by atoms with E-state index < -0.39 is 0 Å². The van der Waals surface area contributed by atoms with Crippen molar-refractivity contribution >= 4 is 5.69 Å². The lowest BCUT2D eigenvalue weighted by Crippen LogP contribution is -1.92. The van der Waals surface area contributed by atoms with E-state index in [2.05, 4.69) is 12.1 Å². The van der Waals surface area contributed by atoms with Gasteiger partial charge in [-0.05, 0) is 35.4 Å². The van der Waals surface area contributed by atoms with Gasteiger partial charge in [-0.2, -0.15) is 0 Å². The molecule has 0 saturated carbocycles. The number of ether oxygens (including phenoxy) is 2. The summed E-state index contributed by atoms with van der Waals surface area (Å²) in [4.78, 5) is 0. The number of hydrogen-bond donors (Lipinski definition) is 1. The minimum absolute atomic E-state index is 0.618. The fraction of sp³-hybridized carbons (Fsp3) is 0.0526. The molecule has 0 saturated heterocycles. The highest BCUT2D eigenvalue weighted by Crippen LogP contribution is 2.33. The minimum atomic E-state index is 0.618. The van der Waals surface area contributed by atoms with Crippen LogP contribution >= 0.6 is 0 Å². The molecule has 0 spiro atoms. The number of hydrogen-bond acceptors (Lipinski definition) is 3. The first kappa shape index (κ1) is 14.0. The fourth-order valence-electron chi connectivity index (χ4n) is 2.24. The molecule has 0 aliphatic carbocycles. The van der Waals surface area contributed by atoms with Crippen molar-refractivity contribution in [2.45, 2.75) is 0 Å². The van der Waals surface area contributed by atoms with Gasteiger partial charge < -0.3 is 15.2 Å². The first-order valence-electron chi connectivity index (χ1n) is 7.03. The molecule has 0 amide bonds. The zero-order valence-corrected chi connectivity index (χ0v) is 12.3. The van der Waals surface area contributed by atoms with Crippen LogP contribution in [0.25, 0.3) is 11.1 Å². The highest BCUT2D eigenvalue weighted by atomic mass is 16.5. The quantitative estimate of drug-likeness (QED) is 0.706. The Kier molecular flexibility index (Phi) is 3.97. The molecule has 0 atom stereocenters. The molecule has 3 nitrogen and oxygen atoms in total. The van der Waals surface area contributed by atoms with Gasteiger partial charge in [0.1, 0.15) is 5.75 Å². The average Bonchev–Trinajstić information content (AvgIpc) is 2.58. The fourth-order valence-corrected chi connectivity index (χ4v) is 2.24. The van der Waals surface area contributed by atoms with Crippen molar-refractivity contribution in [3.05, 3.63) is 72.8 Å². The third-order valence-corrected chi connectivity index (χ3v) is 3.38. The molecule has 2 N–H and O–H groups in total. The molecule has 3 aromatic rings. The van der Waals surface area contributed by atoms with Gasteiger partial charge in [0.25, 0.3) is 0 Å². The summed E-state index contributed by atoms with van der Waals surface area (Å²) in [7, 11) is 1.60. The zero-order chi connectivity index (χ0) is 15.4. The van der Waals surface area contributed by atoms with E-state index in [0.29, 0.717) is 17.2 Å². The van der Waals surface area contributed by atoms with Gasteiger partial charge in [0, 0.05) is 11.8 Å². The Hall–Kier alpha value is -2.94. The Morgan fingerprint density at radius 3 is 2.09 bits per heavy atom. The summed E-state index contributed by atoms with van der Waals surface area (Å²) in [6.45, 7) is 0. The summed E-state index contributed by atoms with van der Waals surface area (Å²) in [5.41, 5.74) is 8.72. The molecule has 0 heterocycles. The first-order valence-corrected chi connectivity index (χ1v) is 7.03. The molecule has 3 rings (SSSR count). The normalized spacial score (nSPS) is 10.2. The van der Waals surface area contributed by atoms with Gasteiger partial charge in [-0.25, -0.2) is 0 Å². The van der Waals surface area contributed by atoms with Gasteiger partial charge >= 0.3 is 0 Å². The number of methoxy groups -OCH3 is 1. The number of rotatable bonds is 4. The van der Waals surface area contributed by atoms with E-state index in [0.717, 1.165) is 11.3 Å². The summed E-state index contributed by atoms with van der Waals surface area (Å²) in [6.07, 6.45) is 0. The van der Waals surface area contributed by atoms with E-state index in [1.807, 2.05) is 42.5 Å². The first-order chi connectivity index (χ1) is 10.8. The second-order valence-electron chi connectivity index (χ2n) is 4.90. The zero-order valence-electron chi connectivity index (χ0n) is 12.3. The summed E-state index contributed by atoms with van der Waals surface area (Å²) in [6, 6.07) is 23.5. The Balaban J connectivity index is 1.82. The molecule has 3 aromatic carbocycles. The van der Waals surface area contributed by atoms with Gasteiger partial charge in [-0.3, -0.25) is 0 Å². The van der Waals surface area contributed by atoms with Crippen molar-refractivity contribution < 1.29 is 9.47 Å². The standard InChI is InChI=1S/C19H17NO2/c1-21-19-13-16(20)9-12-18(19)22-17-10-7-15(8-11-17)14-5-3-2-4-6-14/h2-13H,20H2,1H3. The predicted molar refractivity (Wildman–Crippen MR) is 89.4 cm³/mol. The molecular formula is C19H17NO2. The maximum atomic E-state index is 5.87. The Morgan fingerprint density at radius 2 is 1.41 bits per heavy atom. The van der Waals surface area contributed by atoms with Crippen LogP contribution < -0.4 is 15.2 Å². The summed E-state index contributed by atoms with van der Waals surface area (Å²) >= 11 is 0. The van der Waals surface area contributed by atoms with Crippen LogP contribution in [0, 0.1) is 0 Å². The lowest BCUT2D eigenvalue weighted by Gasteiger charge is -2.11. The number of benzene rings is 3. The van der Waals surface area contributed by atoms with Crippen LogP contribution in [0.2, 0.25) is 0 Å². The molecule has 0 unspecified atom stereocenters. The van der Waals surface area contributed by atoms with E-state index in [-0.39, 0.29) is 0 Å². The molecule has 0 aliphatic heterocycles. The second kappa shape index (κ2) is 6.22. The van der Waals surface area contributed by atoms with E-state index in [4.69, 9.17) is 15.2 Å². The molecule has 0 aromatic heterocycles. The van der Waals surface area contributed by atoms with Gasteiger partial charge in [-0.1, -0.05) is 42.5 Å². The number of anilines is 1. The maximum absolute atomic E-state index is 5.87. The monoisotopic (exact) mass is 291 g/mol. The lowest BCUT2D eigenvalue weighted by molar-refractivity contribution is 0.379. The predicted octanol–water partition coefficient (Wildman–Crippen LogP) is 4.74. The number of nitrogens with two attached hydrogens (primary N) is 1. The van der Waals surface area contributed by atoms with Crippen LogP contribution in [0.3, 0.4) is 0 Å². The van der Waals surface area contributed by atoms with Crippen LogP contribution in [-0.4, -0.2) is 7.11 Å². The molecule has 0 bridgehead atoms. The third kappa shape index (κ3) is 3.04. The SMILES string of the molecule is COc1cc(N)ccc1Oc1ccc(-c2ccccc2)cc1. The van der Waals surface area contributed by atoms with Crippen molar-refractivity contribution in [3.8, 4) is 28.4 Å². The minimum Gasteiger partial charge on any atom is -0.493 e. The van der Waals surface area contributed by atoms with Gasteiger partial charge in [0.15, 0.2) is 11.5 Å². The highest BCUT2D eigenvalue weighted by molar-refractivity contribution is 5.64. The number of nitrogen functional groups attached to an aromatic ring is 1. The smallest absolute Gasteiger partial charge is 0.169 e. The van der Waals surface area contributed by atoms with Gasteiger partial charge in [0.05, 0.1) is 7.11 Å². The third-order valence-electron chi connectivity index (χ3n) is 3.38. The Labute approximate surface area is 129 Å². The van der Waals surface area contributed by atoms with Crippen LogP contribution in [0.1, 0.15) is 0 Å². The van der Waals surface area contributed by atoms with Crippen molar-refractivity contribution in [1.82, 2.24) is 0 Å². The second-order valence-corrected chi connectivity index (χ2v) is 4.90. The maximum Gasteiger partial charge on any atom is 0.169 e. The summed E-state index contributed by atoms with van der Waals surface area (Å²) in [5, 5.41) is 0. The molecule has 110 valence electrons. The Morgan fingerprint density at radius 1 is 0.727 bits per heavy atom. The van der Waals surface area contributed by atoms with E-state index in [1.54, 1.807) is 25.3 Å². The largest absolute Gasteiger partial charge is 0.493 e. The molecule has 22 heavy (non-hydrogen) atoms. The van der Waals surface area contributed by atoms with E-state index in [1.165, 1.54) is 5.56 Å². The topological polar surface area (TPSA) is 44.5 Å². The van der Waals surface area contributed by atoms with Crippen molar-refractivity contribution in [1.29, 1.82) is 0 Å². The lowest BCUT2D eigenvalue weighted by atomic mass is 10.1. The van der Waals surface area contributed by atoms with E-state index in [9.17, 15) is 0 Å².